The van der Waals surface area contributed by atoms with Crippen LogP contribution in [0.15, 0.2) is 0 Å². The van der Waals surface area contributed by atoms with Gasteiger partial charge in [-0.05, 0) is 59.2 Å². The summed E-state index contributed by atoms with van der Waals surface area (Å²) >= 11 is 0. The quantitative estimate of drug-likeness (QED) is 0.780. The van der Waals surface area contributed by atoms with Crippen molar-refractivity contribution in [1.29, 1.82) is 0 Å². The van der Waals surface area contributed by atoms with Crippen molar-refractivity contribution in [2.45, 2.75) is 64.6 Å². The van der Waals surface area contributed by atoms with Crippen LogP contribution in [0.1, 0.15) is 46.5 Å². The van der Waals surface area contributed by atoms with Gasteiger partial charge >= 0.3 is 0 Å². The Kier molecular flexibility index (Phi) is 5.46. The van der Waals surface area contributed by atoms with Crippen LogP contribution >= 0.6 is 0 Å². The third-order valence-electron chi connectivity index (χ3n) is 4.87. The van der Waals surface area contributed by atoms with E-state index in [9.17, 15) is 0 Å². The maximum absolute atomic E-state index is 3.64. The molecule has 106 valence electrons. The van der Waals surface area contributed by atoms with Crippen molar-refractivity contribution < 1.29 is 0 Å². The number of likely N-dealkylation sites (tertiary alicyclic amines) is 2. The molecule has 0 radical (unpaired) electrons. The smallest absolute Gasteiger partial charge is 0.0235 e. The van der Waals surface area contributed by atoms with Crippen LogP contribution in [-0.2, 0) is 0 Å². The molecule has 1 N–H and O–H groups in total. The molecule has 2 saturated heterocycles. The van der Waals surface area contributed by atoms with Gasteiger partial charge in [0.25, 0.3) is 0 Å². The standard InChI is InChI=1S/C15H31N3/c1-4-8-16-13(2)14(3)18-11-7-15(12-18)17-9-5-6-10-17/h13-16H,4-12H2,1-3H3. The van der Waals surface area contributed by atoms with Crippen LogP contribution in [-0.4, -0.2) is 60.6 Å². The molecular formula is C15H31N3. The number of hydrogen-bond donors (Lipinski definition) is 1. The molecule has 0 bridgehead atoms. The Morgan fingerprint density at radius 1 is 1.17 bits per heavy atom. The normalized spacial score (nSPS) is 29.8. The van der Waals surface area contributed by atoms with Crippen molar-refractivity contribution in [3.05, 3.63) is 0 Å². The average Bonchev–Trinajstić information content (AvgIpc) is 3.04. The largest absolute Gasteiger partial charge is 0.313 e. The molecule has 0 spiro atoms. The van der Waals surface area contributed by atoms with Crippen molar-refractivity contribution in [3.63, 3.8) is 0 Å². The summed E-state index contributed by atoms with van der Waals surface area (Å²) in [6, 6.07) is 2.12. The highest BCUT2D eigenvalue weighted by Gasteiger charge is 2.32. The highest BCUT2D eigenvalue weighted by Crippen LogP contribution is 2.22. The minimum absolute atomic E-state index is 0.613. The topological polar surface area (TPSA) is 18.5 Å². The average molecular weight is 253 g/mol. The lowest BCUT2D eigenvalue weighted by Crippen LogP contribution is -2.47. The Bertz CT molecular complexity index is 238. The number of hydrogen-bond acceptors (Lipinski definition) is 3. The molecule has 0 aromatic carbocycles. The van der Waals surface area contributed by atoms with Crippen LogP contribution < -0.4 is 5.32 Å². The summed E-state index contributed by atoms with van der Waals surface area (Å²) < 4.78 is 0. The van der Waals surface area contributed by atoms with Crippen molar-refractivity contribution >= 4 is 0 Å². The molecule has 18 heavy (non-hydrogen) atoms. The van der Waals surface area contributed by atoms with E-state index < -0.39 is 0 Å². The van der Waals surface area contributed by atoms with E-state index in [1.54, 1.807) is 0 Å². The molecule has 3 atom stereocenters. The van der Waals surface area contributed by atoms with E-state index in [1.165, 1.54) is 51.9 Å². The molecule has 0 aliphatic carbocycles. The number of nitrogens with zero attached hydrogens (tertiary/aromatic N) is 2. The van der Waals surface area contributed by atoms with Gasteiger partial charge in [-0.25, -0.2) is 0 Å². The lowest BCUT2D eigenvalue weighted by Gasteiger charge is -2.31. The van der Waals surface area contributed by atoms with Gasteiger partial charge in [0.15, 0.2) is 0 Å². The lowest BCUT2D eigenvalue weighted by molar-refractivity contribution is 0.184. The Labute approximate surface area is 113 Å². The van der Waals surface area contributed by atoms with E-state index in [1.807, 2.05) is 0 Å². The fraction of sp³-hybridized carbons (Fsp3) is 1.00. The van der Waals surface area contributed by atoms with Crippen molar-refractivity contribution in [2.24, 2.45) is 0 Å². The monoisotopic (exact) mass is 253 g/mol. The van der Waals surface area contributed by atoms with Crippen LogP contribution in [0.4, 0.5) is 0 Å². The first-order chi connectivity index (χ1) is 8.72. The zero-order valence-electron chi connectivity index (χ0n) is 12.5. The van der Waals surface area contributed by atoms with Crippen LogP contribution in [0.25, 0.3) is 0 Å². The Hall–Kier alpha value is -0.120. The van der Waals surface area contributed by atoms with E-state index in [-0.39, 0.29) is 0 Å². The Balaban J connectivity index is 1.76. The zero-order chi connectivity index (χ0) is 13.0. The SMILES string of the molecule is CCCNC(C)C(C)N1CCC(N2CCCC2)C1. The van der Waals surface area contributed by atoms with E-state index in [4.69, 9.17) is 0 Å². The second kappa shape index (κ2) is 6.88. The summed E-state index contributed by atoms with van der Waals surface area (Å²) in [6.45, 7) is 13.4. The van der Waals surface area contributed by atoms with Gasteiger partial charge in [-0.15, -0.1) is 0 Å². The van der Waals surface area contributed by atoms with Crippen LogP contribution in [0, 0.1) is 0 Å². The maximum Gasteiger partial charge on any atom is 0.0235 e. The number of nitrogens with one attached hydrogen (secondary N) is 1. The number of rotatable bonds is 6. The third kappa shape index (κ3) is 3.46. The van der Waals surface area contributed by atoms with Crippen LogP contribution in [0.5, 0.6) is 0 Å². The molecule has 2 aliphatic heterocycles. The van der Waals surface area contributed by atoms with E-state index in [2.05, 4.69) is 35.9 Å². The van der Waals surface area contributed by atoms with E-state index >= 15 is 0 Å². The summed E-state index contributed by atoms with van der Waals surface area (Å²) in [4.78, 5) is 5.41. The van der Waals surface area contributed by atoms with Crippen molar-refractivity contribution in [2.75, 3.05) is 32.7 Å². The molecule has 3 heteroatoms. The summed E-state index contributed by atoms with van der Waals surface area (Å²) in [5, 5.41) is 3.64. The maximum atomic E-state index is 3.64. The van der Waals surface area contributed by atoms with Crippen LogP contribution in [0.2, 0.25) is 0 Å². The minimum atomic E-state index is 0.613. The molecule has 0 amide bonds. The summed E-state index contributed by atoms with van der Waals surface area (Å²) in [7, 11) is 0. The predicted molar refractivity (Wildman–Crippen MR) is 78.0 cm³/mol. The molecule has 2 fully saturated rings. The van der Waals surface area contributed by atoms with E-state index in [0.29, 0.717) is 12.1 Å². The summed E-state index contributed by atoms with van der Waals surface area (Å²) in [6.07, 6.45) is 5.44. The second-order valence-corrected chi connectivity index (χ2v) is 6.16. The third-order valence-corrected chi connectivity index (χ3v) is 4.87. The van der Waals surface area contributed by atoms with Gasteiger partial charge in [-0.1, -0.05) is 6.92 Å². The first kappa shape index (κ1) is 14.3. The molecule has 0 aromatic heterocycles. The Morgan fingerprint density at radius 3 is 2.56 bits per heavy atom. The predicted octanol–water partition coefficient (Wildman–Crippen LogP) is 1.93. The first-order valence-corrected chi connectivity index (χ1v) is 7.94. The van der Waals surface area contributed by atoms with Gasteiger partial charge in [0.1, 0.15) is 0 Å². The molecule has 3 nitrogen and oxygen atoms in total. The second-order valence-electron chi connectivity index (χ2n) is 6.16. The van der Waals surface area contributed by atoms with Crippen molar-refractivity contribution in [3.8, 4) is 0 Å². The van der Waals surface area contributed by atoms with Crippen LogP contribution in [0.3, 0.4) is 0 Å². The fourth-order valence-electron chi connectivity index (χ4n) is 3.40. The van der Waals surface area contributed by atoms with E-state index in [0.717, 1.165) is 12.6 Å². The Morgan fingerprint density at radius 2 is 1.89 bits per heavy atom. The highest BCUT2D eigenvalue weighted by atomic mass is 15.3. The lowest BCUT2D eigenvalue weighted by atomic mass is 10.1. The molecule has 3 unspecified atom stereocenters. The fourth-order valence-corrected chi connectivity index (χ4v) is 3.40. The van der Waals surface area contributed by atoms with Gasteiger partial charge < -0.3 is 5.32 Å². The van der Waals surface area contributed by atoms with Gasteiger partial charge in [-0.3, -0.25) is 9.80 Å². The summed E-state index contributed by atoms with van der Waals surface area (Å²) in [5.74, 6) is 0. The minimum Gasteiger partial charge on any atom is -0.313 e. The molecule has 0 saturated carbocycles. The van der Waals surface area contributed by atoms with Gasteiger partial charge in [0.2, 0.25) is 0 Å². The first-order valence-electron chi connectivity index (χ1n) is 7.94. The van der Waals surface area contributed by atoms with Gasteiger partial charge in [0.05, 0.1) is 0 Å². The molecule has 2 rings (SSSR count). The molecule has 2 aliphatic rings. The molecule has 2 heterocycles. The zero-order valence-corrected chi connectivity index (χ0v) is 12.5. The summed E-state index contributed by atoms with van der Waals surface area (Å²) in [5.41, 5.74) is 0. The van der Waals surface area contributed by atoms with Gasteiger partial charge in [-0.2, -0.15) is 0 Å². The molecular weight excluding hydrogens is 222 g/mol. The molecule has 0 aromatic rings. The highest BCUT2D eigenvalue weighted by molar-refractivity contribution is 4.90. The van der Waals surface area contributed by atoms with Gasteiger partial charge in [0, 0.05) is 31.2 Å². The van der Waals surface area contributed by atoms with Crippen molar-refractivity contribution in [1.82, 2.24) is 15.1 Å².